The van der Waals surface area contributed by atoms with Crippen LogP contribution in [0.2, 0.25) is 0 Å². The maximum Gasteiger partial charge on any atom is 0.188 e. The third-order valence-electron chi connectivity index (χ3n) is 2.81. The van der Waals surface area contributed by atoms with Crippen LogP contribution in [0.1, 0.15) is 34.9 Å². The first-order valence-electron chi connectivity index (χ1n) is 6.18. The van der Waals surface area contributed by atoms with Gasteiger partial charge in [-0.15, -0.1) is 11.3 Å². The number of nitrogens with two attached hydrogens (primary N) is 1. The molecule has 2 aromatic heterocycles. The van der Waals surface area contributed by atoms with E-state index in [1.807, 2.05) is 18.4 Å². The molecule has 1 unspecified atom stereocenters. The van der Waals surface area contributed by atoms with Gasteiger partial charge in [0.25, 0.3) is 0 Å². The van der Waals surface area contributed by atoms with Crippen molar-refractivity contribution in [1.29, 1.82) is 0 Å². The van der Waals surface area contributed by atoms with E-state index in [0.717, 1.165) is 16.3 Å². The smallest absolute Gasteiger partial charge is 0.188 e. The molecule has 2 rings (SSSR count). The van der Waals surface area contributed by atoms with Gasteiger partial charge < -0.3 is 16.3 Å². The molecule has 0 spiro atoms. The van der Waals surface area contributed by atoms with Crippen LogP contribution in [0.5, 0.6) is 0 Å². The van der Waals surface area contributed by atoms with Crippen LogP contribution < -0.4 is 11.1 Å². The fraction of sp³-hybridized carbons (Fsp3) is 0.308. The molecule has 0 aromatic carbocycles. The molecule has 2 aromatic rings. The average Bonchev–Trinajstić information content (AvgIpc) is 2.91. The zero-order valence-corrected chi connectivity index (χ0v) is 12.2. The zero-order valence-electron chi connectivity index (χ0n) is 11.4. The molecule has 7 heteroatoms. The Bertz CT molecular complexity index is 610. The van der Waals surface area contributed by atoms with Crippen LogP contribution >= 0.6 is 11.3 Å². The number of rotatable bonds is 5. The van der Waals surface area contributed by atoms with Crippen LogP contribution in [0.15, 0.2) is 28.9 Å². The molecule has 0 aliphatic carbocycles. The second-order valence-electron chi connectivity index (χ2n) is 4.46. The highest BCUT2D eigenvalue weighted by Crippen LogP contribution is 2.17. The van der Waals surface area contributed by atoms with Crippen molar-refractivity contribution in [3.8, 4) is 0 Å². The summed E-state index contributed by atoms with van der Waals surface area (Å²) in [7, 11) is 0. The summed E-state index contributed by atoms with van der Waals surface area (Å²) in [5.74, 6) is 0.00967. The minimum atomic E-state index is 0.00967. The molecule has 20 heavy (non-hydrogen) atoms. The molecule has 0 amide bonds. The minimum Gasteiger partial charge on any atom is -0.409 e. The maximum atomic E-state index is 8.65. The molecule has 1 atom stereocenters. The van der Waals surface area contributed by atoms with E-state index in [9.17, 15) is 0 Å². The van der Waals surface area contributed by atoms with Crippen molar-refractivity contribution in [2.75, 3.05) is 0 Å². The number of aryl methyl sites for hydroxylation is 1. The highest BCUT2D eigenvalue weighted by atomic mass is 32.1. The van der Waals surface area contributed by atoms with Crippen molar-refractivity contribution >= 4 is 17.2 Å². The van der Waals surface area contributed by atoms with E-state index in [1.165, 1.54) is 0 Å². The summed E-state index contributed by atoms with van der Waals surface area (Å²) in [5.41, 5.74) is 8.04. The largest absolute Gasteiger partial charge is 0.409 e. The Labute approximate surface area is 121 Å². The van der Waals surface area contributed by atoms with Gasteiger partial charge in [-0.25, -0.2) is 4.98 Å². The van der Waals surface area contributed by atoms with Crippen molar-refractivity contribution in [2.45, 2.75) is 26.4 Å². The molecule has 0 saturated carbocycles. The van der Waals surface area contributed by atoms with Crippen molar-refractivity contribution in [3.05, 3.63) is 45.7 Å². The van der Waals surface area contributed by atoms with Crippen LogP contribution in [0, 0.1) is 6.92 Å². The summed E-state index contributed by atoms with van der Waals surface area (Å²) in [5, 5.41) is 18.1. The third-order valence-corrected chi connectivity index (χ3v) is 3.96. The van der Waals surface area contributed by atoms with E-state index in [1.54, 1.807) is 23.6 Å². The van der Waals surface area contributed by atoms with E-state index >= 15 is 0 Å². The Hall–Kier alpha value is -1.99. The number of thiazole rings is 1. The molecule has 0 saturated heterocycles. The van der Waals surface area contributed by atoms with Gasteiger partial charge in [-0.1, -0.05) is 5.16 Å². The van der Waals surface area contributed by atoms with Crippen molar-refractivity contribution in [1.82, 2.24) is 15.3 Å². The first-order chi connectivity index (χ1) is 9.60. The molecule has 0 radical (unpaired) electrons. The van der Waals surface area contributed by atoms with Crippen molar-refractivity contribution in [3.63, 3.8) is 0 Å². The fourth-order valence-electron chi connectivity index (χ4n) is 1.70. The number of hydrogen-bond acceptors (Lipinski definition) is 6. The quantitative estimate of drug-likeness (QED) is 0.338. The summed E-state index contributed by atoms with van der Waals surface area (Å²) >= 11 is 1.65. The second-order valence-corrected chi connectivity index (χ2v) is 5.35. The van der Waals surface area contributed by atoms with Gasteiger partial charge in [-0.2, -0.15) is 0 Å². The lowest BCUT2D eigenvalue weighted by molar-refractivity contribution is 0.318. The van der Waals surface area contributed by atoms with Gasteiger partial charge in [0.05, 0.1) is 6.04 Å². The van der Waals surface area contributed by atoms with Gasteiger partial charge in [0.1, 0.15) is 10.7 Å². The molecule has 0 aliphatic rings. The van der Waals surface area contributed by atoms with Crippen LogP contribution in [-0.2, 0) is 6.54 Å². The lowest BCUT2D eigenvalue weighted by Gasteiger charge is -2.11. The van der Waals surface area contributed by atoms with E-state index < -0.39 is 0 Å². The summed E-state index contributed by atoms with van der Waals surface area (Å²) in [6.07, 6.45) is 1.64. The molecule has 6 nitrogen and oxygen atoms in total. The second kappa shape index (κ2) is 6.44. The number of nitrogens with zero attached hydrogens (tertiary/aromatic N) is 3. The van der Waals surface area contributed by atoms with E-state index in [0.29, 0.717) is 12.2 Å². The maximum absolute atomic E-state index is 8.65. The van der Waals surface area contributed by atoms with Crippen molar-refractivity contribution < 1.29 is 5.21 Å². The Morgan fingerprint density at radius 1 is 1.60 bits per heavy atom. The summed E-state index contributed by atoms with van der Waals surface area (Å²) in [4.78, 5) is 8.50. The Morgan fingerprint density at radius 3 is 3.05 bits per heavy atom. The monoisotopic (exact) mass is 291 g/mol. The molecule has 0 bridgehead atoms. The lowest BCUT2D eigenvalue weighted by Crippen LogP contribution is -2.19. The van der Waals surface area contributed by atoms with Gasteiger partial charge in [-0.3, -0.25) is 4.98 Å². The summed E-state index contributed by atoms with van der Waals surface area (Å²) in [6.45, 7) is 4.72. The molecule has 0 aliphatic heterocycles. The molecule has 106 valence electrons. The average molecular weight is 291 g/mol. The van der Waals surface area contributed by atoms with E-state index in [4.69, 9.17) is 10.9 Å². The predicted molar refractivity (Wildman–Crippen MR) is 78.9 cm³/mol. The van der Waals surface area contributed by atoms with E-state index in [-0.39, 0.29) is 11.9 Å². The first-order valence-corrected chi connectivity index (χ1v) is 7.06. The molecule has 0 fully saturated rings. The van der Waals surface area contributed by atoms with Gasteiger partial charge in [0, 0.05) is 23.8 Å². The number of hydrogen-bond donors (Lipinski definition) is 3. The first kappa shape index (κ1) is 14.4. The Morgan fingerprint density at radius 2 is 2.40 bits per heavy atom. The molecule has 2 heterocycles. The van der Waals surface area contributed by atoms with Crippen LogP contribution in [0.4, 0.5) is 0 Å². The molecule has 4 N–H and O–H groups in total. The number of pyridine rings is 1. The predicted octanol–water partition coefficient (Wildman–Crippen LogP) is 1.79. The molecular weight excluding hydrogens is 274 g/mol. The van der Waals surface area contributed by atoms with Crippen LogP contribution in [-0.4, -0.2) is 21.0 Å². The van der Waals surface area contributed by atoms with Gasteiger partial charge >= 0.3 is 0 Å². The van der Waals surface area contributed by atoms with Crippen LogP contribution in [0.3, 0.4) is 0 Å². The van der Waals surface area contributed by atoms with Crippen molar-refractivity contribution in [2.24, 2.45) is 10.9 Å². The highest BCUT2D eigenvalue weighted by molar-refractivity contribution is 7.09. The van der Waals surface area contributed by atoms with Gasteiger partial charge in [-0.05, 0) is 31.5 Å². The van der Waals surface area contributed by atoms with Crippen LogP contribution in [0.25, 0.3) is 0 Å². The number of amidine groups is 1. The zero-order chi connectivity index (χ0) is 14.5. The Kier molecular flexibility index (Phi) is 4.65. The standard InChI is InChI=1S/C13H17N5OS/c1-8-7-20-13(17-8)9(2)16-6-10-3-4-15-11(5-10)12(14)18-19/h3-5,7,9,16,19H,6H2,1-2H3,(H2,14,18). The summed E-state index contributed by atoms with van der Waals surface area (Å²) < 4.78 is 0. The minimum absolute atomic E-state index is 0.00967. The van der Waals surface area contributed by atoms with Gasteiger partial charge in [0.2, 0.25) is 0 Å². The van der Waals surface area contributed by atoms with Gasteiger partial charge in [0.15, 0.2) is 5.84 Å². The Balaban J connectivity index is 2.00. The fourth-order valence-corrected chi connectivity index (χ4v) is 2.53. The SMILES string of the molecule is Cc1csc(C(C)NCc2ccnc(C(N)=NO)c2)n1. The van der Waals surface area contributed by atoms with E-state index in [2.05, 4.69) is 27.4 Å². The lowest BCUT2D eigenvalue weighted by atomic mass is 10.2. The highest BCUT2D eigenvalue weighted by Gasteiger charge is 2.09. The summed E-state index contributed by atoms with van der Waals surface area (Å²) in [6, 6.07) is 3.86. The topological polar surface area (TPSA) is 96.4 Å². The third kappa shape index (κ3) is 3.52. The molecular formula is C13H17N5OS. The number of oxime groups is 1. The normalized spacial score (nSPS) is 13.4. The number of nitrogens with one attached hydrogen (secondary N) is 1. The number of aromatic nitrogens is 2.